The topological polar surface area (TPSA) is 85.8 Å². The minimum Gasteiger partial charge on any atom is -0.444 e. The van der Waals surface area contributed by atoms with Gasteiger partial charge in [0.2, 0.25) is 0 Å². The first-order valence-corrected chi connectivity index (χ1v) is 8.81. The number of nitrogen functional groups attached to an aromatic ring is 1. The van der Waals surface area contributed by atoms with E-state index in [1.807, 2.05) is 31.4 Å². The van der Waals surface area contributed by atoms with E-state index in [0.29, 0.717) is 18.9 Å². The summed E-state index contributed by atoms with van der Waals surface area (Å²) in [5.74, 6) is 0.613. The minimum atomic E-state index is -0.490. The van der Waals surface area contributed by atoms with Crippen molar-refractivity contribution >= 4 is 33.4 Å². The molecule has 8 heteroatoms. The van der Waals surface area contributed by atoms with E-state index in [1.165, 1.54) is 6.33 Å². The van der Waals surface area contributed by atoms with Crippen molar-refractivity contribution in [3.8, 4) is 0 Å². The molecule has 2 N–H and O–H groups in total. The Labute approximate surface area is 149 Å². The number of nitrogens with two attached hydrogens (primary N) is 1. The van der Waals surface area contributed by atoms with Crippen LogP contribution < -0.4 is 5.73 Å². The Bertz CT molecular complexity index is 768. The summed E-state index contributed by atoms with van der Waals surface area (Å²) in [6.07, 6.45) is 3.10. The number of rotatable bonds is 1. The van der Waals surface area contributed by atoms with Gasteiger partial charge in [0.15, 0.2) is 5.82 Å². The van der Waals surface area contributed by atoms with E-state index in [0.717, 1.165) is 28.5 Å². The molecule has 1 amide bonds. The van der Waals surface area contributed by atoms with Crippen LogP contribution in [0.15, 0.2) is 16.9 Å². The van der Waals surface area contributed by atoms with Gasteiger partial charge in [-0.05, 0) is 55.6 Å². The molecule has 1 saturated heterocycles. The maximum atomic E-state index is 12.4. The molecule has 130 valence electrons. The standard InChI is InChI=1S/C16H22BrN5O2/c1-16(2,3)24-15(23)21-6-4-5-10(8-21)12-7-11(17)13-14(18)19-9-20-22(12)13/h7,9-10H,4-6,8H2,1-3H3,(H2,18,19,20)/t10-/m0/s1. The first-order valence-electron chi connectivity index (χ1n) is 8.02. The van der Waals surface area contributed by atoms with Crippen LogP contribution in [0.1, 0.15) is 45.2 Å². The second-order valence-corrected chi connectivity index (χ2v) is 7.94. The third kappa shape index (κ3) is 3.33. The molecule has 1 atom stereocenters. The lowest BCUT2D eigenvalue weighted by Crippen LogP contribution is -2.42. The Morgan fingerprint density at radius 2 is 2.21 bits per heavy atom. The van der Waals surface area contributed by atoms with Crippen LogP contribution >= 0.6 is 15.9 Å². The van der Waals surface area contributed by atoms with Gasteiger partial charge in [0.25, 0.3) is 0 Å². The number of anilines is 1. The summed E-state index contributed by atoms with van der Waals surface area (Å²) >= 11 is 3.53. The smallest absolute Gasteiger partial charge is 0.410 e. The fourth-order valence-electron chi connectivity index (χ4n) is 3.05. The molecule has 2 aromatic rings. The molecule has 24 heavy (non-hydrogen) atoms. The fraction of sp³-hybridized carbons (Fsp3) is 0.562. The van der Waals surface area contributed by atoms with Crippen LogP contribution in [0.3, 0.4) is 0 Å². The molecule has 0 spiro atoms. The number of amides is 1. The van der Waals surface area contributed by atoms with Gasteiger partial charge in [0.05, 0.1) is 0 Å². The van der Waals surface area contributed by atoms with Gasteiger partial charge >= 0.3 is 6.09 Å². The number of hydrogen-bond acceptors (Lipinski definition) is 5. The van der Waals surface area contributed by atoms with E-state index in [1.54, 1.807) is 4.90 Å². The first-order chi connectivity index (χ1) is 11.3. The number of aromatic nitrogens is 3. The molecule has 0 unspecified atom stereocenters. The zero-order chi connectivity index (χ0) is 17.5. The number of piperidine rings is 1. The number of fused-ring (bicyclic) bond motifs is 1. The molecule has 3 rings (SSSR count). The average Bonchev–Trinajstić information content (AvgIpc) is 2.84. The lowest BCUT2D eigenvalue weighted by molar-refractivity contribution is 0.0196. The van der Waals surface area contributed by atoms with Crippen molar-refractivity contribution < 1.29 is 9.53 Å². The maximum Gasteiger partial charge on any atom is 0.410 e. The lowest BCUT2D eigenvalue weighted by atomic mass is 9.95. The van der Waals surface area contributed by atoms with E-state index >= 15 is 0 Å². The van der Waals surface area contributed by atoms with Gasteiger partial charge in [-0.3, -0.25) is 0 Å². The highest BCUT2D eigenvalue weighted by molar-refractivity contribution is 9.10. The summed E-state index contributed by atoms with van der Waals surface area (Å²) in [5, 5.41) is 4.33. The summed E-state index contributed by atoms with van der Waals surface area (Å²) in [6, 6.07) is 2.02. The largest absolute Gasteiger partial charge is 0.444 e. The Morgan fingerprint density at radius 1 is 1.46 bits per heavy atom. The third-order valence-corrected chi connectivity index (χ3v) is 4.66. The number of halogens is 1. The molecule has 0 aliphatic carbocycles. The maximum absolute atomic E-state index is 12.4. The van der Waals surface area contributed by atoms with E-state index < -0.39 is 5.60 Å². The highest BCUT2D eigenvalue weighted by atomic mass is 79.9. The Kier molecular flexibility index (Phi) is 4.42. The molecule has 1 aliphatic heterocycles. The third-order valence-electron chi connectivity index (χ3n) is 4.06. The number of hydrogen-bond donors (Lipinski definition) is 1. The summed E-state index contributed by atoms with van der Waals surface area (Å²) in [4.78, 5) is 18.2. The average molecular weight is 396 g/mol. The van der Waals surface area contributed by atoms with Gasteiger partial charge < -0.3 is 15.4 Å². The summed E-state index contributed by atoms with van der Waals surface area (Å²) < 4.78 is 8.18. The Hall–Kier alpha value is -1.83. The van der Waals surface area contributed by atoms with Crippen molar-refractivity contribution in [2.45, 2.75) is 45.1 Å². The normalized spacial score (nSPS) is 18.8. The van der Waals surface area contributed by atoms with Crippen molar-refractivity contribution in [3.63, 3.8) is 0 Å². The minimum absolute atomic E-state index is 0.180. The number of ether oxygens (including phenoxy) is 1. The number of likely N-dealkylation sites (tertiary alicyclic amines) is 1. The van der Waals surface area contributed by atoms with E-state index in [4.69, 9.17) is 10.5 Å². The summed E-state index contributed by atoms with van der Waals surface area (Å²) in [6.45, 7) is 6.96. The highest BCUT2D eigenvalue weighted by Gasteiger charge is 2.30. The summed E-state index contributed by atoms with van der Waals surface area (Å²) in [7, 11) is 0. The first kappa shape index (κ1) is 17.0. The second kappa shape index (κ2) is 6.23. The predicted octanol–water partition coefficient (Wildman–Crippen LogP) is 3.19. The van der Waals surface area contributed by atoms with E-state index in [9.17, 15) is 4.79 Å². The van der Waals surface area contributed by atoms with Crippen molar-refractivity contribution in [2.24, 2.45) is 0 Å². The van der Waals surface area contributed by atoms with Crippen molar-refractivity contribution in [2.75, 3.05) is 18.8 Å². The van der Waals surface area contributed by atoms with Crippen LogP contribution in [0.4, 0.5) is 10.6 Å². The number of carbonyl (C=O) groups excluding carboxylic acids is 1. The second-order valence-electron chi connectivity index (χ2n) is 7.09. The molecular weight excluding hydrogens is 374 g/mol. The highest BCUT2D eigenvalue weighted by Crippen LogP contribution is 2.33. The zero-order valence-corrected chi connectivity index (χ0v) is 15.7. The predicted molar refractivity (Wildman–Crippen MR) is 94.9 cm³/mol. The van der Waals surface area contributed by atoms with Gasteiger partial charge in [0.1, 0.15) is 17.4 Å². The van der Waals surface area contributed by atoms with Crippen LogP contribution in [0.2, 0.25) is 0 Å². The van der Waals surface area contributed by atoms with Gasteiger partial charge in [-0.15, -0.1) is 0 Å². The molecule has 3 heterocycles. The quantitative estimate of drug-likeness (QED) is 0.800. The van der Waals surface area contributed by atoms with Crippen LogP contribution in [0.5, 0.6) is 0 Å². The molecule has 0 aromatic carbocycles. The van der Waals surface area contributed by atoms with E-state index in [-0.39, 0.29) is 12.0 Å². The Balaban J connectivity index is 1.86. The van der Waals surface area contributed by atoms with Crippen LogP contribution in [0.25, 0.3) is 5.52 Å². The molecule has 1 fully saturated rings. The molecule has 0 bridgehead atoms. The van der Waals surface area contributed by atoms with Crippen LogP contribution in [0, 0.1) is 0 Å². The van der Waals surface area contributed by atoms with Crippen molar-refractivity contribution in [3.05, 3.63) is 22.6 Å². The molecule has 7 nitrogen and oxygen atoms in total. The lowest BCUT2D eigenvalue weighted by Gasteiger charge is -2.34. The molecule has 0 radical (unpaired) electrons. The zero-order valence-electron chi connectivity index (χ0n) is 14.1. The molecule has 0 saturated carbocycles. The van der Waals surface area contributed by atoms with Crippen molar-refractivity contribution in [1.82, 2.24) is 19.5 Å². The van der Waals surface area contributed by atoms with Crippen molar-refractivity contribution in [1.29, 1.82) is 0 Å². The van der Waals surface area contributed by atoms with Gasteiger partial charge in [-0.2, -0.15) is 5.10 Å². The molecule has 2 aromatic heterocycles. The van der Waals surface area contributed by atoms with Gasteiger partial charge in [-0.1, -0.05) is 0 Å². The molecule has 1 aliphatic rings. The number of nitrogens with zero attached hydrogens (tertiary/aromatic N) is 4. The van der Waals surface area contributed by atoms with Gasteiger partial charge in [-0.25, -0.2) is 14.3 Å². The SMILES string of the molecule is CC(C)(C)OC(=O)N1CCC[C@H](c2cc(Br)c3c(N)ncnn23)C1. The Morgan fingerprint density at radius 3 is 2.92 bits per heavy atom. The van der Waals surface area contributed by atoms with Gasteiger partial charge in [0, 0.05) is 29.2 Å². The number of carbonyl (C=O) groups is 1. The summed E-state index contributed by atoms with van der Waals surface area (Å²) in [5.41, 5.74) is 7.26. The molecular formula is C16H22BrN5O2. The van der Waals surface area contributed by atoms with Crippen LogP contribution in [-0.4, -0.2) is 44.3 Å². The monoisotopic (exact) mass is 395 g/mol. The van der Waals surface area contributed by atoms with E-state index in [2.05, 4.69) is 26.0 Å². The van der Waals surface area contributed by atoms with Crippen LogP contribution in [-0.2, 0) is 4.74 Å². The fourth-order valence-corrected chi connectivity index (χ4v) is 3.65.